The van der Waals surface area contributed by atoms with Gasteiger partial charge in [0.05, 0.1) is 33.0 Å². The first-order chi connectivity index (χ1) is 28.9. The number of anilines is 1. The van der Waals surface area contributed by atoms with E-state index in [1.165, 1.54) is 0 Å². The fourth-order valence-electron chi connectivity index (χ4n) is 6.86. The van der Waals surface area contributed by atoms with Crippen molar-refractivity contribution in [1.29, 1.82) is 0 Å². The summed E-state index contributed by atoms with van der Waals surface area (Å²) >= 11 is 0. The molecule has 322 valence electrons. The molecule has 60 heavy (non-hydrogen) atoms. The molecule has 3 aromatic carbocycles. The van der Waals surface area contributed by atoms with Crippen LogP contribution < -0.4 is 21.3 Å². The molecule has 1 aliphatic rings. The number of hydrogen-bond donors (Lipinski definition) is 5. The molecule has 16 heteroatoms. The average molecular weight is 827 g/mol. The Bertz CT molecular complexity index is 1990. The summed E-state index contributed by atoms with van der Waals surface area (Å²) in [5, 5.41) is 25.9. The maximum absolute atomic E-state index is 14.0. The van der Waals surface area contributed by atoms with Gasteiger partial charge in [-0.1, -0.05) is 30.3 Å². The third-order valence-corrected chi connectivity index (χ3v) is 10.1. The summed E-state index contributed by atoms with van der Waals surface area (Å²) < 4.78 is 21.3. The van der Waals surface area contributed by atoms with Crippen molar-refractivity contribution in [2.24, 2.45) is 11.8 Å². The van der Waals surface area contributed by atoms with Crippen molar-refractivity contribution in [1.82, 2.24) is 36.6 Å². The Hall–Kier alpha value is -5.71. The van der Waals surface area contributed by atoms with Crippen LogP contribution in [0.15, 0.2) is 66.7 Å². The lowest BCUT2D eigenvalue weighted by molar-refractivity contribution is -0.130. The first-order valence-corrected chi connectivity index (χ1v) is 20.4. The number of amides is 4. The molecule has 0 spiro atoms. The van der Waals surface area contributed by atoms with E-state index in [2.05, 4.69) is 41.9 Å². The SMILES string of the molecule is COCCOCCOCCNC(=O)c1cccc(-c2cc(C[C@H](NC(=O)C3CCC(CNC(=O)OC(C)(C)C)CC3)C(=O)Nc3ccc(-c4nn[nH]n4)cc3)ccc2C)c1. The van der Waals surface area contributed by atoms with Gasteiger partial charge in [-0.2, -0.15) is 5.21 Å². The Morgan fingerprint density at radius 1 is 0.850 bits per heavy atom. The van der Waals surface area contributed by atoms with E-state index in [-0.39, 0.29) is 36.0 Å². The first kappa shape index (κ1) is 45.4. The summed E-state index contributed by atoms with van der Waals surface area (Å²) in [5.74, 6) is -0.397. The minimum Gasteiger partial charge on any atom is -0.444 e. The number of aryl methyl sites for hydroxylation is 1. The Morgan fingerprint density at radius 2 is 1.58 bits per heavy atom. The Kier molecular flexibility index (Phi) is 17.1. The number of tetrazole rings is 1. The second kappa shape index (κ2) is 22.6. The summed E-state index contributed by atoms with van der Waals surface area (Å²) in [7, 11) is 1.62. The van der Waals surface area contributed by atoms with Gasteiger partial charge < -0.3 is 40.2 Å². The van der Waals surface area contributed by atoms with E-state index in [9.17, 15) is 19.2 Å². The van der Waals surface area contributed by atoms with Gasteiger partial charge in [-0.15, -0.1) is 10.2 Å². The van der Waals surface area contributed by atoms with Gasteiger partial charge in [0.15, 0.2) is 0 Å². The molecule has 1 aliphatic carbocycles. The molecule has 0 radical (unpaired) electrons. The minimum absolute atomic E-state index is 0.187. The lowest BCUT2D eigenvalue weighted by Crippen LogP contribution is -2.48. The van der Waals surface area contributed by atoms with E-state index < -0.39 is 17.7 Å². The van der Waals surface area contributed by atoms with E-state index in [1.54, 1.807) is 37.4 Å². The van der Waals surface area contributed by atoms with Crippen molar-refractivity contribution in [3.63, 3.8) is 0 Å². The fourth-order valence-corrected chi connectivity index (χ4v) is 6.86. The van der Waals surface area contributed by atoms with Crippen LogP contribution >= 0.6 is 0 Å². The second-order valence-electron chi connectivity index (χ2n) is 15.9. The fraction of sp³-hybridized carbons (Fsp3) is 0.477. The number of carbonyl (C=O) groups excluding carboxylic acids is 4. The van der Waals surface area contributed by atoms with Crippen molar-refractivity contribution in [3.8, 4) is 22.5 Å². The molecular weight excluding hydrogens is 769 g/mol. The molecule has 1 aromatic heterocycles. The van der Waals surface area contributed by atoms with Crippen molar-refractivity contribution in [3.05, 3.63) is 83.4 Å². The predicted octanol–water partition coefficient (Wildman–Crippen LogP) is 5.25. The molecule has 0 saturated heterocycles. The van der Waals surface area contributed by atoms with Crippen LogP contribution in [0.4, 0.5) is 10.5 Å². The number of rotatable bonds is 20. The monoisotopic (exact) mass is 826 g/mol. The number of aromatic nitrogens is 4. The second-order valence-corrected chi connectivity index (χ2v) is 15.9. The molecule has 1 saturated carbocycles. The predicted molar refractivity (Wildman–Crippen MR) is 226 cm³/mol. The Labute approximate surface area is 351 Å². The number of ether oxygens (including phenoxy) is 4. The maximum Gasteiger partial charge on any atom is 0.407 e. The van der Waals surface area contributed by atoms with Crippen LogP contribution in [0.1, 0.15) is 67.9 Å². The molecule has 4 amide bonds. The van der Waals surface area contributed by atoms with Gasteiger partial charge in [0.25, 0.3) is 5.91 Å². The molecule has 1 atom stereocenters. The highest BCUT2D eigenvalue weighted by molar-refractivity contribution is 5.98. The van der Waals surface area contributed by atoms with Crippen molar-refractivity contribution < 1.29 is 38.1 Å². The van der Waals surface area contributed by atoms with Crippen LogP contribution in [-0.4, -0.2) is 109 Å². The number of benzene rings is 3. The summed E-state index contributed by atoms with van der Waals surface area (Å²) in [6.45, 7) is 10.5. The molecular formula is C44H58N8O8. The molecule has 0 unspecified atom stereocenters. The van der Waals surface area contributed by atoms with Gasteiger partial charge in [0, 0.05) is 49.4 Å². The van der Waals surface area contributed by atoms with Crippen molar-refractivity contribution in [2.45, 2.75) is 71.4 Å². The van der Waals surface area contributed by atoms with Crippen LogP contribution in [-0.2, 0) is 35.0 Å². The summed E-state index contributed by atoms with van der Waals surface area (Å²) in [6.07, 6.45) is 2.55. The lowest BCUT2D eigenvalue weighted by Gasteiger charge is -2.29. The molecule has 0 bridgehead atoms. The number of aromatic amines is 1. The largest absolute Gasteiger partial charge is 0.444 e. The number of nitrogens with one attached hydrogen (secondary N) is 5. The van der Waals surface area contributed by atoms with Crippen LogP contribution in [0.5, 0.6) is 0 Å². The third-order valence-electron chi connectivity index (χ3n) is 10.1. The minimum atomic E-state index is -0.896. The molecule has 5 N–H and O–H groups in total. The number of carbonyl (C=O) groups is 4. The molecule has 0 aliphatic heterocycles. The van der Waals surface area contributed by atoms with E-state index in [0.717, 1.165) is 40.7 Å². The Morgan fingerprint density at radius 3 is 2.28 bits per heavy atom. The van der Waals surface area contributed by atoms with E-state index in [1.807, 2.05) is 64.1 Å². The lowest BCUT2D eigenvalue weighted by atomic mass is 9.81. The maximum atomic E-state index is 14.0. The highest BCUT2D eigenvalue weighted by Gasteiger charge is 2.30. The van der Waals surface area contributed by atoms with Gasteiger partial charge in [-0.3, -0.25) is 14.4 Å². The average Bonchev–Trinajstić information content (AvgIpc) is 3.78. The zero-order valence-corrected chi connectivity index (χ0v) is 35.2. The normalized spacial score (nSPS) is 15.8. The van der Waals surface area contributed by atoms with E-state index in [4.69, 9.17) is 18.9 Å². The van der Waals surface area contributed by atoms with Crippen molar-refractivity contribution in [2.75, 3.05) is 58.6 Å². The van der Waals surface area contributed by atoms with Gasteiger partial charge >= 0.3 is 6.09 Å². The summed E-state index contributed by atoms with van der Waals surface area (Å²) in [6, 6.07) is 19.5. The van der Waals surface area contributed by atoms with Crippen LogP contribution in [0.25, 0.3) is 22.5 Å². The van der Waals surface area contributed by atoms with Crippen molar-refractivity contribution >= 4 is 29.5 Å². The quantitative estimate of drug-likeness (QED) is 0.0728. The topological polar surface area (TPSA) is 208 Å². The Balaban J connectivity index is 1.24. The summed E-state index contributed by atoms with van der Waals surface area (Å²) in [5.41, 5.74) is 4.76. The molecule has 1 heterocycles. The number of methoxy groups -OCH3 is 1. The third kappa shape index (κ3) is 14.5. The number of alkyl carbamates (subject to hydrolysis) is 1. The van der Waals surface area contributed by atoms with E-state index >= 15 is 0 Å². The summed E-state index contributed by atoms with van der Waals surface area (Å²) in [4.78, 5) is 53.1. The smallest absolute Gasteiger partial charge is 0.407 e. The zero-order chi connectivity index (χ0) is 42.9. The van der Waals surface area contributed by atoms with Crippen LogP contribution in [0.3, 0.4) is 0 Å². The van der Waals surface area contributed by atoms with Gasteiger partial charge in [-0.25, -0.2) is 4.79 Å². The first-order valence-electron chi connectivity index (χ1n) is 20.4. The molecule has 5 rings (SSSR count). The number of hydrogen-bond acceptors (Lipinski definition) is 11. The molecule has 16 nitrogen and oxygen atoms in total. The highest BCUT2D eigenvalue weighted by atomic mass is 16.6. The van der Waals surface area contributed by atoms with Crippen LogP contribution in [0, 0.1) is 18.8 Å². The van der Waals surface area contributed by atoms with E-state index in [0.29, 0.717) is 76.0 Å². The van der Waals surface area contributed by atoms with Gasteiger partial charge in [-0.05, 0) is 123 Å². The van der Waals surface area contributed by atoms with Gasteiger partial charge in [0.1, 0.15) is 11.6 Å². The van der Waals surface area contributed by atoms with Gasteiger partial charge in [0.2, 0.25) is 17.6 Å². The number of H-pyrrole nitrogens is 1. The standard InChI is InChI=1S/C44H58N8O8/c1-29-9-10-31(25-37(29)34-7-6-8-35(27-34)40(53)45-19-20-58-23-24-59-22-21-57-5)26-38(42(55)47-36-17-15-32(16-18-36)39-49-51-52-50-39)48-41(54)33-13-11-30(12-14-33)28-46-43(56)60-44(2,3)4/h6-10,15-18,25,27,30,33,38H,11-14,19-24,26,28H2,1-5H3,(H,45,53)(H,46,56)(H,47,55)(H,48,54)(H,49,50,51,52)/t30?,33?,38-/m0/s1. The highest BCUT2D eigenvalue weighted by Crippen LogP contribution is 2.30. The number of nitrogens with zero attached hydrogens (tertiary/aromatic N) is 3. The molecule has 4 aromatic rings. The molecule has 1 fully saturated rings. The zero-order valence-electron chi connectivity index (χ0n) is 35.2. The van der Waals surface area contributed by atoms with Crippen LogP contribution in [0.2, 0.25) is 0 Å².